The molecule has 0 fully saturated rings. The number of amides is 1. The van der Waals surface area contributed by atoms with E-state index in [1.54, 1.807) is 6.20 Å². The van der Waals surface area contributed by atoms with Crippen LogP contribution in [0.25, 0.3) is 0 Å². The maximum atomic E-state index is 11.1. The van der Waals surface area contributed by atoms with Gasteiger partial charge in [-0.2, -0.15) is 0 Å². The lowest BCUT2D eigenvalue weighted by Gasteiger charge is -2.08. The monoisotopic (exact) mass is 246 g/mol. The molecule has 0 saturated heterocycles. The standard InChI is InChI=1S/C11H14N6O/c1-17-3-2-14-10(17)6-16-9-4-7(11(13)18)8(12)5-15-9/h2-5H,6,12H2,1H3,(H2,13,18)(H,15,16). The molecule has 0 aromatic carbocycles. The second kappa shape index (κ2) is 4.74. The lowest BCUT2D eigenvalue weighted by molar-refractivity contribution is 0.100. The van der Waals surface area contributed by atoms with Crippen LogP contribution in [0, 0.1) is 0 Å². The first kappa shape index (κ1) is 11.9. The van der Waals surface area contributed by atoms with Crippen molar-refractivity contribution in [3.05, 3.63) is 36.0 Å². The van der Waals surface area contributed by atoms with E-state index in [0.717, 1.165) is 5.82 Å². The number of aryl methyl sites for hydroxylation is 1. The number of hydrogen-bond donors (Lipinski definition) is 3. The van der Waals surface area contributed by atoms with E-state index in [4.69, 9.17) is 11.5 Å². The highest BCUT2D eigenvalue weighted by Crippen LogP contribution is 2.14. The van der Waals surface area contributed by atoms with Crippen LogP contribution >= 0.6 is 0 Å². The van der Waals surface area contributed by atoms with Crippen LogP contribution in [0.4, 0.5) is 11.5 Å². The normalized spacial score (nSPS) is 10.3. The van der Waals surface area contributed by atoms with E-state index in [1.165, 1.54) is 12.3 Å². The van der Waals surface area contributed by atoms with Crippen molar-refractivity contribution in [3.8, 4) is 0 Å². The fourth-order valence-electron chi connectivity index (χ4n) is 1.51. The van der Waals surface area contributed by atoms with Gasteiger partial charge in [0.25, 0.3) is 5.91 Å². The summed E-state index contributed by atoms with van der Waals surface area (Å²) in [5, 5.41) is 3.05. The number of aromatic nitrogens is 3. The number of hydrogen-bond acceptors (Lipinski definition) is 5. The molecule has 94 valence electrons. The fraction of sp³-hybridized carbons (Fsp3) is 0.182. The average molecular weight is 246 g/mol. The smallest absolute Gasteiger partial charge is 0.250 e. The molecule has 0 atom stereocenters. The molecule has 0 aliphatic heterocycles. The molecule has 0 aliphatic carbocycles. The van der Waals surface area contributed by atoms with Crippen LogP contribution in [0.15, 0.2) is 24.7 Å². The Bertz CT molecular complexity index is 577. The van der Waals surface area contributed by atoms with Crippen molar-refractivity contribution in [3.63, 3.8) is 0 Å². The summed E-state index contributed by atoms with van der Waals surface area (Å²) in [4.78, 5) is 19.4. The lowest BCUT2D eigenvalue weighted by atomic mass is 10.2. The summed E-state index contributed by atoms with van der Waals surface area (Å²) in [5.74, 6) is 0.810. The number of nitrogens with two attached hydrogens (primary N) is 2. The fourth-order valence-corrected chi connectivity index (χ4v) is 1.51. The number of rotatable bonds is 4. The molecule has 2 rings (SSSR count). The Hall–Kier alpha value is -2.57. The first-order chi connectivity index (χ1) is 8.58. The summed E-state index contributed by atoms with van der Waals surface area (Å²) in [6, 6.07) is 1.53. The maximum Gasteiger partial charge on any atom is 0.250 e. The van der Waals surface area contributed by atoms with Gasteiger partial charge in [-0.15, -0.1) is 0 Å². The first-order valence-electron chi connectivity index (χ1n) is 5.33. The molecule has 2 aromatic heterocycles. The number of nitrogens with zero attached hydrogens (tertiary/aromatic N) is 3. The third-order valence-electron chi connectivity index (χ3n) is 2.55. The Morgan fingerprint density at radius 3 is 2.89 bits per heavy atom. The molecule has 2 aromatic rings. The average Bonchev–Trinajstić information content (AvgIpc) is 2.73. The Kier molecular flexibility index (Phi) is 3.13. The number of carbonyl (C=O) groups is 1. The highest BCUT2D eigenvalue weighted by molar-refractivity contribution is 5.98. The van der Waals surface area contributed by atoms with E-state index >= 15 is 0 Å². The molecule has 18 heavy (non-hydrogen) atoms. The Morgan fingerprint density at radius 1 is 1.50 bits per heavy atom. The number of nitrogens with one attached hydrogen (secondary N) is 1. The summed E-state index contributed by atoms with van der Waals surface area (Å²) >= 11 is 0. The van der Waals surface area contributed by atoms with E-state index in [1.807, 2.05) is 17.8 Å². The zero-order valence-corrected chi connectivity index (χ0v) is 9.92. The maximum absolute atomic E-state index is 11.1. The topological polar surface area (TPSA) is 112 Å². The van der Waals surface area contributed by atoms with Crippen LogP contribution in [0.5, 0.6) is 0 Å². The Balaban J connectivity index is 2.13. The van der Waals surface area contributed by atoms with Crippen LogP contribution in [-0.4, -0.2) is 20.4 Å². The van der Waals surface area contributed by atoms with Crippen molar-refractivity contribution in [1.29, 1.82) is 0 Å². The van der Waals surface area contributed by atoms with Gasteiger partial charge in [0.15, 0.2) is 0 Å². The van der Waals surface area contributed by atoms with Crippen molar-refractivity contribution in [2.24, 2.45) is 12.8 Å². The number of carbonyl (C=O) groups excluding carboxylic acids is 1. The molecule has 0 saturated carbocycles. The van der Waals surface area contributed by atoms with Crippen molar-refractivity contribution in [2.45, 2.75) is 6.54 Å². The van der Waals surface area contributed by atoms with Gasteiger partial charge in [0.1, 0.15) is 11.6 Å². The summed E-state index contributed by atoms with van der Waals surface area (Å²) < 4.78 is 1.89. The van der Waals surface area contributed by atoms with E-state index in [2.05, 4.69) is 15.3 Å². The van der Waals surface area contributed by atoms with Crippen molar-refractivity contribution >= 4 is 17.4 Å². The van der Waals surface area contributed by atoms with Gasteiger partial charge in [-0.25, -0.2) is 9.97 Å². The van der Waals surface area contributed by atoms with E-state index in [0.29, 0.717) is 12.4 Å². The molecule has 0 radical (unpaired) electrons. The molecule has 7 nitrogen and oxygen atoms in total. The summed E-state index contributed by atoms with van der Waals surface area (Å²) in [6.45, 7) is 0.499. The third-order valence-corrected chi connectivity index (χ3v) is 2.55. The highest BCUT2D eigenvalue weighted by Gasteiger charge is 2.08. The highest BCUT2D eigenvalue weighted by atomic mass is 16.1. The van der Waals surface area contributed by atoms with Crippen molar-refractivity contribution in [1.82, 2.24) is 14.5 Å². The van der Waals surface area contributed by atoms with Crippen LogP contribution in [-0.2, 0) is 13.6 Å². The predicted molar refractivity (Wildman–Crippen MR) is 67.7 cm³/mol. The SMILES string of the molecule is Cn1ccnc1CNc1cc(C(N)=O)c(N)cn1. The minimum absolute atomic E-state index is 0.257. The molecular weight excluding hydrogens is 232 g/mol. The minimum atomic E-state index is -0.574. The summed E-state index contributed by atoms with van der Waals surface area (Å²) in [7, 11) is 1.90. The van der Waals surface area contributed by atoms with Crippen molar-refractivity contribution in [2.75, 3.05) is 11.1 Å². The molecule has 2 heterocycles. The number of anilines is 2. The van der Waals surface area contributed by atoms with Crippen LogP contribution in [0.2, 0.25) is 0 Å². The summed E-state index contributed by atoms with van der Waals surface area (Å²) in [5.41, 5.74) is 11.3. The van der Waals surface area contributed by atoms with E-state index in [-0.39, 0.29) is 11.3 Å². The van der Waals surface area contributed by atoms with Crippen LogP contribution < -0.4 is 16.8 Å². The van der Waals surface area contributed by atoms with Gasteiger partial charge in [0.05, 0.1) is 24.0 Å². The zero-order valence-electron chi connectivity index (χ0n) is 9.92. The van der Waals surface area contributed by atoms with Gasteiger partial charge in [-0.1, -0.05) is 0 Å². The van der Waals surface area contributed by atoms with Gasteiger partial charge in [0, 0.05) is 19.4 Å². The quantitative estimate of drug-likeness (QED) is 0.708. The lowest BCUT2D eigenvalue weighted by Crippen LogP contribution is -2.15. The summed E-state index contributed by atoms with van der Waals surface area (Å²) in [6.07, 6.45) is 4.96. The second-order valence-electron chi connectivity index (χ2n) is 3.83. The van der Waals surface area contributed by atoms with E-state index < -0.39 is 5.91 Å². The second-order valence-corrected chi connectivity index (χ2v) is 3.83. The molecule has 0 aliphatic rings. The molecule has 7 heteroatoms. The zero-order chi connectivity index (χ0) is 13.1. The predicted octanol–water partition coefficient (Wildman–Crippen LogP) is 0.108. The third kappa shape index (κ3) is 2.40. The van der Waals surface area contributed by atoms with Gasteiger partial charge in [-0.05, 0) is 6.07 Å². The number of nitrogen functional groups attached to an aromatic ring is 1. The van der Waals surface area contributed by atoms with Gasteiger partial charge >= 0.3 is 0 Å². The van der Waals surface area contributed by atoms with Crippen LogP contribution in [0.1, 0.15) is 16.2 Å². The van der Waals surface area contributed by atoms with Gasteiger partial charge in [-0.3, -0.25) is 4.79 Å². The van der Waals surface area contributed by atoms with E-state index in [9.17, 15) is 4.79 Å². The van der Waals surface area contributed by atoms with Crippen LogP contribution in [0.3, 0.4) is 0 Å². The largest absolute Gasteiger partial charge is 0.397 e. The molecule has 0 unspecified atom stereocenters. The molecular formula is C11H14N6O. The molecule has 1 amide bonds. The molecule has 0 bridgehead atoms. The number of imidazole rings is 1. The van der Waals surface area contributed by atoms with Gasteiger partial charge in [0.2, 0.25) is 0 Å². The van der Waals surface area contributed by atoms with Crippen molar-refractivity contribution < 1.29 is 4.79 Å². The Labute approximate surface area is 104 Å². The molecule has 5 N–H and O–H groups in total. The number of primary amides is 1. The first-order valence-corrected chi connectivity index (χ1v) is 5.33. The minimum Gasteiger partial charge on any atom is -0.397 e. The number of pyridine rings is 1. The Morgan fingerprint density at radius 2 is 2.28 bits per heavy atom. The van der Waals surface area contributed by atoms with Gasteiger partial charge < -0.3 is 21.4 Å². The molecule has 0 spiro atoms.